The van der Waals surface area contributed by atoms with Crippen LogP contribution in [0, 0.1) is 0 Å². The molecule has 0 radical (unpaired) electrons. The minimum Gasteiger partial charge on any atom is -0.496 e. The first-order valence-electron chi connectivity index (χ1n) is 7.36. The zero-order valence-electron chi connectivity index (χ0n) is 13.9. The molecule has 5 heteroatoms. The van der Waals surface area contributed by atoms with Gasteiger partial charge in [0.15, 0.2) is 11.5 Å². The molecule has 1 N–H and O–H groups in total. The van der Waals surface area contributed by atoms with E-state index < -0.39 is 0 Å². The van der Waals surface area contributed by atoms with Crippen LogP contribution in [0.2, 0.25) is 0 Å². The molecule has 0 aliphatic rings. The fraction of sp³-hybridized carbons (Fsp3) is 0.333. The highest BCUT2D eigenvalue weighted by Gasteiger charge is 2.13. The van der Waals surface area contributed by atoms with Gasteiger partial charge in [-0.25, -0.2) is 0 Å². The summed E-state index contributed by atoms with van der Waals surface area (Å²) in [4.78, 5) is 0. The molecule has 1 atom stereocenters. The third-order valence-electron chi connectivity index (χ3n) is 3.73. The topological polar surface area (TPSA) is 39.7 Å². The van der Waals surface area contributed by atoms with Crippen molar-refractivity contribution in [2.75, 3.05) is 21.3 Å². The summed E-state index contributed by atoms with van der Waals surface area (Å²) in [7, 11) is 4.90. The zero-order valence-corrected chi connectivity index (χ0v) is 15.4. The van der Waals surface area contributed by atoms with Gasteiger partial charge in [-0.15, -0.1) is 0 Å². The second-order valence-corrected chi connectivity index (χ2v) is 6.09. The number of hydrogen-bond donors (Lipinski definition) is 1. The van der Waals surface area contributed by atoms with E-state index in [1.807, 2.05) is 24.3 Å². The quantitative estimate of drug-likeness (QED) is 0.777. The van der Waals surface area contributed by atoms with Crippen molar-refractivity contribution < 1.29 is 14.2 Å². The van der Waals surface area contributed by atoms with E-state index >= 15 is 0 Å². The molecule has 0 amide bonds. The van der Waals surface area contributed by atoms with Crippen molar-refractivity contribution in [1.29, 1.82) is 0 Å². The Morgan fingerprint density at radius 3 is 2.22 bits per heavy atom. The summed E-state index contributed by atoms with van der Waals surface area (Å²) < 4.78 is 17.2. The molecule has 0 aromatic heterocycles. The minimum absolute atomic E-state index is 0.213. The second kappa shape index (κ2) is 8.22. The normalized spacial score (nSPS) is 11.9. The summed E-state index contributed by atoms with van der Waals surface area (Å²) in [5.41, 5.74) is 2.24. The van der Waals surface area contributed by atoms with Gasteiger partial charge in [-0.2, -0.15) is 0 Å². The van der Waals surface area contributed by atoms with E-state index in [2.05, 4.69) is 40.3 Å². The van der Waals surface area contributed by atoms with E-state index in [0.717, 1.165) is 15.8 Å². The van der Waals surface area contributed by atoms with Gasteiger partial charge in [0, 0.05) is 28.7 Å². The van der Waals surface area contributed by atoms with Crippen molar-refractivity contribution in [3.05, 3.63) is 52.0 Å². The molecule has 1 unspecified atom stereocenters. The highest BCUT2D eigenvalue weighted by Crippen LogP contribution is 2.34. The smallest absolute Gasteiger partial charge is 0.164 e. The van der Waals surface area contributed by atoms with Crippen molar-refractivity contribution in [3.63, 3.8) is 0 Å². The zero-order chi connectivity index (χ0) is 16.8. The first-order chi connectivity index (χ1) is 11.1. The average molecular weight is 380 g/mol. The fourth-order valence-electron chi connectivity index (χ4n) is 2.39. The van der Waals surface area contributed by atoms with Crippen LogP contribution in [0.5, 0.6) is 17.2 Å². The number of halogens is 1. The van der Waals surface area contributed by atoms with E-state index in [9.17, 15) is 0 Å². The first kappa shape index (κ1) is 17.6. The van der Waals surface area contributed by atoms with Crippen LogP contribution in [0.4, 0.5) is 0 Å². The Balaban J connectivity index is 2.16. The lowest BCUT2D eigenvalue weighted by Crippen LogP contribution is -2.18. The predicted octanol–water partition coefficient (Wildman–Crippen LogP) is 4.33. The fourth-order valence-corrected chi connectivity index (χ4v) is 2.80. The summed E-state index contributed by atoms with van der Waals surface area (Å²) in [6.07, 6.45) is 0. The number of hydrogen-bond acceptors (Lipinski definition) is 4. The van der Waals surface area contributed by atoms with Gasteiger partial charge in [-0.1, -0.05) is 28.1 Å². The number of rotatable bonds is 7. The summed E-state index contributed by atoms with van der Waals surface area (Å²) in [6, 6.07) is 12.3. The van der Waals surface area contributed by atoms with E-state index in [-0.39, 0.29) is 6.04 Å². The van der Waals surface area contributed by atoms with Crippen LogP contribution in [-0.2, 0) is 6.54 Å². The third kappa shape index (κ3) is 4.39. The highest BCUT2D eigenvalue weighted by molar-refractivity contribution is 9.10. The molecule has 0 fully saturated rings. The molecule has 4 nitrogen and oxygen atoms in total. The number of ether oxygens (including phenoxy) is 3. The van der Waals surface area contributed by atoms with Gasteiger partial charge >= 0.3 is 0 Å². The SMILES string of the molecule is COc1cc(OC)c(OC)cc1CNC(C)c1cccc(Br)c1. The van der Waals surface area contributed by atoms with E-state index in [0.29, 0.717) is 18.0 Å². The van der Waals surface area contributed by atoms with Crippen molar-refractivity contribution in [1.82, 2.24) is 5.32 Å². The maximum Gasteiger partial charge on any atom is 0.164 e. The molecule has 0 aliphatic heterocycles. The summed E-state index contributed by atoms with van der Waals surface area (Å²) >= 11 is 3.51. The Kier molecular flexibility index (Phi) is 6.30. The van der Waals surface area contributed by atoms with Gasteiger partial charge in [-0.3, -0.25) is 0 Å². The maximum absolute atomic E-state index is 5.46. The molecule has 2 aromatic carbocycles. The molecule has 0 heterocycles. The Hall–Kier alpha value is -1.72. The molecule has 0 spiro atoms. The Morgan fingerprint density at radius 1 is 0.957 bits per heavy atom. The highest BCUT2D eigenvalue weighted by atomic mass is 79.9. The van der Waals surface area contributed by atoms with Crippen molar-refractivity contribution in [2.45, 2.75) is 19.5 Å². The average Bonchev–Trinajstić information content (AvgIpc) is 2.58. The third-order valence-corrected chi connectivity index (χ3v) is 4.23. The molecule has 0 bridgehead atoms. The largest absolute Gasteiger partial charge is 0.496 e. The maximum atomic E-state index is 5.46. The lowest BCUT2D eigenvalue weighted by molar-refractivity contribution is 0.346. The van der Waals surface area contributed by atoms with Crippen LogP contribution in [-0.4, -0.2) is 21.3 Å². The Bertz CT molecular complexity index is 661. The van der Waals surface area contributed by atoms with Gasteiger partial charge in [0.05, 0.1) is 21.3 Å². The lowest BCUT2D eigenvalue weighted by atomic mass is 10.1. The molecule has 0 aliphatic carbocycles. The van der Waals surface area contributed by atoms with Gasteiger partial charge < -0.3 is 19.5 Å². The monoisotopic (exact) mass is 379 g/mol. The first-order valence-corrected chi connectivity index (χ1v) is 8.16. The summed E-state index contributed by atoms with van der Waals surface area (Å²) in [6.45, 7) is 2.80. The summed E-state index contributed by atoms with van der Waals surface area (Å²) in [5.74, 6) is 2.13. The molecule has 23 heavy (non-hydrogen) atoms. The number of benzene rings is 2. The molecule has 0 saturated carbocycles. The second-order valence-electron chi connectivity index (χ2n) is 5.18. The van der Waals surface area contributed by atoms with Gasteiger partial charge in [0.1, 0.15) is 5.75 Å². The number of methoxy groups -OCH3 is 3. The Morgan fingerprint density at radius 2 is 1.61 bits per heavy atom. The Labute approximate surface area is 145 Å². The van der Waals surface area contributed by atoms with Crippen LogP contribution < -0.4 is 19.5 Å². The van der Waals surface area contributed by atoms with Crippen molar-refractivity contribution in [2.24, 2.45) is 0 Å². The van der Waals surface area contributed by atoms with Gasteiger partial charge in [-0.05, 0) is 30.7 Å². The summed E-state index contributed by atoms with van der Waals surface area (Å²) in [5, 5.41) is 3.51. The van der Waals surface area contributed by atoms with Crippen LogP contribution in [0.25, 0.3) is 0 Å². The standard InChI is InChI=1S/C18H22BrNO3/c1-12(13-6-5-7-15(19)8-13)20-11-14-9-17(22-3)18(23-4)10-16(14)21-2/h5-10,12,20H,11H2,1-4H3. The predicted molar refractivity (Wildman–Crippen MR) is 95.5 cm³/mol. The van der Waals surface area contributed by atoms with Crippen LogP contribution in [0.3, 0.4) is 0 Å². The lowest BCUT2D eigenvalue weighted by Gasteiger charge is -2.18. The van der Waals surface area contributed by atoms with Crippen LogP contribution >= 0.6 is 15.9 Å². The van der Waals surface area contributed by atoms with Crippen molar-refractivity contribution in [3.8, 4) is 17.2 Å². The van der Waals surface area contributed by atoms with E-state index in [1.165, 1.54) is 5.56 Å². The molecular weight excluding hydrogens is 358 g/mol. The van der Waals surface area contributed by atoms with E-state index in [1.54, 1.807) is 21.3 Å². The van der Waals surface area contributed by atoms with Gasteiger partial charge in [0.25, 0.3) is 0 Å². The molecule has 2 rings (SSSR count). The molecule has 0 saturated heterocycles. The van der Waals surface area contributed by atoms with Crippen LogP contribution in [0.15, 0.2) is 40.9 Å². The molecule has 124 valence electrons. The molecule has 2 aromatic rings. The minimum atomic E-state index is 0.213. The van der Waals surface area contributed by atoms with Gasteiger partial charge in [0.2, 0.25) is 0 Å². The van der Waals surface area contributed by atoms with Crippen molar-refractivity contribution >= 4 is 15.9 Å². The molecular formula is C18H22BrNO3. The van der Waals surface area contributed by atoms with Crippen LogP contribution in [0.1, 0.15) is 24.1 Å². The number of nitrogens with one attached hydrogen (secondary N) is 1. The van der Waals surface area contributed by atoms with E-state index in [4.69, 9.17) is 14.2 Å².